The highest BCUT2D eigenvalue weighted by molar-refractivity contribution is 9.09. The van der Waals surface area contributed by atoms with Gasteiger partial charge in [0.25, 0.3) is 0 Å². The van der Waals surface area contributed by atoms with Gasteiger partial charge in [0, 0.05) is 16.2 Å². The van der Waals surface area contributed by atoms with E-state index in [9.17, 15) is 4.79 Å². The van der Waals surface area contributed by atoms with Crippen LogP contribution >= 0.6 is 15.9 Å². The monoisotopic (exact) mass is 450 g/mol. The Labute approximate surface area is 175 Å². The minimum Gasteiger partial charge on any atom is -0.478 e. The minimum atomic E-state index is -0.292. The highest BCUT2D eigenvalue weighted by atomic mass is 79.9. The van der Waals surface area contributed by atoms with Gasteiger partial charge in [-0.3, -0.25) is 0 Å². The van der Waals surface area contributed by atoms with E-state index in [4.69, 9.17) is 9.47 Å². The smallest absolute Gasteiger partial charge is 0.344 e. The topological polar surface area (TPSA) is 54.6 Å². The van der Waals surface area contributed by atoms with Gasteiger partial charge in [-0.15, -0.1) is 0 Å². The number of fused-ring (bicyclic) bond motifs is 1. The zero-order valence-corrected chi connectivity index (χ0v) is 18.3. The number of nitrogens with one attached hydrogen (secondary N) is 1. The number of H-pyrrole nitrogens is 1. The fraction of sp³-hybridized carbons (Fsp3) is 0.591. The Hall–Kier alpha value is -1.53. The van der Waals surface area contributed by atoms with E-state index in [1.54, 1.807) is 0 Å². The Bertz CT molecular complexity index is 753. The average molecular weight is 451 g/mol. The van der Waals surface area contributed by atoms with Gasteiger partial charge in [-0.2, -0.15) is 0 Å². The van der Waals surface area contributed by atoms with Crippen molar-refractivity contribution in [3.05, 3.63) is 29.8 Å². The van der Waals surface area contributed by atoms with E-state index < -0.39 is 0 Å². The van der Waals surface area contributed by atoms with Crippen LogP contribution in [0.3, 0.4) is 0 Å². The van der Waals surface area contributed by atoms with Gasteiger partial charge in [-0.25, -0.2) is 4.79 Å². The number of likely N-dealkylation sites (tertiary alicyclic amines) is 1. The number of carbonyl (C=O) groups is 1. The molecule has 2 heterocycles. The lowest BCUT2D eigenvalue weighted by atomic mass is 9.97. The van der Waals surface area contributed by atoms with Gasteiger partial charge in [0.1, 0.15) is 5.56 Å². The van der Waals surface area contributed by atoms with Crippen molar-refractivity contribution in [3.63, 3.8) is 0 Å². The van der Waals surface area contributed by atoms with Crippen molar-refractivity contribution < 1.29 is 14.3 Å². The largest absolute Gasteiger partial charge is 0.478 e. The minimum absolute atomic E-state index is 0.292. The number of hydrogen-bond acceptors (Lipinski definition) is 4. The summed E-state index contributed by atoms with van der Waals surface area (Å²) in [6.07, 6.45) is 5.57. The number of rotatable bonds is 10. The maximum absolute atomic E-state index is 12.9. The third-order valence-corrected chi connectivity index (χ3v) is 5.95. The molecule has 28 heavy (non-hydrogen) atoms. The van der Waals surface area contributed by atoms with Crippen LogP contribution in [0.5, 0.6) is 5.88 Å². The van der Waals surface area contributed by atoms with Crippen LogP contribution in [0.4, 0.5) is 0 Å². The van der Waals surface area contributed by atoms with Crippen LogP contribution in [0.15, 0.2) is 24.3 Å². The van der Waals surface area contributed by atoms with Crippen molar-refractivity contribution in [2.24, 2.45) is 5.92 Å². The van der Waals surface area contributed by atoms with Crippen LogP contribution in [0.25, 0.3) is 10.9 Å². The molecule has 154 valence electrons. The molecule has 0 radical (unpaired) electrons. The zero-order valence-electron chi connectivity index (χ0n) is 16.7. The van der Waals surface area contributed by atoms with Gasteiger partial charge in [-0.1, -0.05) is 47.5 Å². The van der Waals surface area contributed by atoms with E-state index in [2.05, 4.69) is 32.7 Å². The number of carbonyl (C=O) groups excluding carboxylic acids is 1. The molecule has 0 unspecified atom stereocenters. The zero-order chi connectivity index (χ0) is 19.8. The number of para-hydroxylation sites is 1. The standard InChI is InChI=1S/C22H31BrN2O3/c1-2-3-12-25-13-9-17(10-14-25)16-28-22(26)20-18-7-4-5-8-19(18)24-21(20)27-15-6-11-23/h4-5,7-8,17,24H,2-3,6,9-16H2,1H3. The highest BCUT2D eigenvalue weighted by Gasteiger charge is 2.24. The van der Waals surface area contributed by atoms with Crippen molar-refractivity contribution in [2.45, 2.75) is 39.0 Å². The van der Waals surface area contributed by atoms with E-state index in [-0.39, 0.29) is 5.97 Å². The number of ether oxygens (including phenoxy) is 2. The van der Waals surface area contributed by atoms with Gasteiger partial charge in [0.05, 0.1) is 13.2 Å². The summed E-state index contributed by atoms with van der Waals surface area (Å²) >= 11 is 3.41. The number of unbranched alkanes of at least 4 members (excludes halogenated alkanes) is 1. The quantitative estimate of drug-likeness (QED) is 0.314. The summed E-state index contributed by atoms with van der Waals surface area (Å²) in [5.74, 6) is 0.672. The second-order valence-electron chi connectivity index (χ2n) is 7.50. The Balaban J connectivity index is 1.59. The Morgan fingerprint density at radius 3 is 2.79 bits per heavy atom. The van der Waals surface area contributed by atoms with Gasteiger partial charge < -0.3 is 19.4 Å². The highest BCUT2D eigenvalue weighted by Crippen LogP contribution is 2.29. The predicted molar refractivity (Wildman–Crippen MR) is 117 cm³/mol. The lowest BCUT2D eigenvalue weighted by Gasteiger charge is -2.31. The SMILES string of the molecule is CCCCN1CCC(COC(=O)c2c(OCCCBr)[nH]c3ccccc23)CC1. The molecule has 0 saturated carbocycles. The lowest BCUT2D eigenvalue weighted by molar-refractivity contribution is 0.0370. The molecular formula is C22H31BrN2O3. The number of hydrogen-bond donors (Lipinski definition) is 1. The third kappa shape index (κ3) is 5.51. The van der Waals surface area contributed by atoms with Crippen molar-refractivity contribution in [2.75, 3.05) is 38.2 Å². The maximum Gasteiger partial charge on any atom is 0.344 e. The average Bonchev–Trinajstić information content (AvgIpc) is 3.10. The molecule has 2 aromatic rings. The molecule has 1 aliphatic rings. The molecule has 0 atom stereocenters. The molecular weight excluding hydrogens is 420 g/mol. The molecule has 1 fully saturated rings. The van der Waals surface area contributed by atoms with Crippen LogP contribution in [-0.2, 0) is 4.74 Å². The number of aromatic amines is 1. The van der Waals surface area contributed by atoms with E-state index in [0.717, 1.165) is 48.6 Å². The van der Waals surface area contributed by atoms with Crippen molar-refractivity contribution >= 4 is 32.8 Å². The van der Waals surface area contributed by atoms with Gasteiger partial charge >= 0.3 is 5.97 Å². The summed E-state index contributed by atoms with van der Waals surface area (Å²) in [5.41, 5.74) is 1.41. The second kappa shape index (κ2) is 10.9. The maximum atomic E-state index is 12.9. The van der Waals surface area contributed by atoms with E-state index in [0.29, 0.717) is 30.6 Å². The molecule has 1 saturated heterocycles. The first-order valence-corrected chi connectivity index (χ1v) is 11.5. The fourth-order valence-corrected chi connectivity index (χ4v) is 3.91. The predicted octanol–water partition coefficient (Wildman–Crippen LogP) is 5.00. The molecule has 1 N–H and O–H groups in total. The molecule has 1 aromatic carbocycles. The van der Waals surface area contributed by atoms with Crippen molar-refractivity contribution in [1.29, 1.82) is 0 Å². The second-order valence-corrected chi connectivity index (χ2v) is 8.30. The summed E-state index contributed by atoms with van der Waals surface area (Å²) in [6, 6.07) is 7.77. The molecule has 0 aliphatic carbocycles. The number of nitrogens with zero attached hydrogens (tertiary/aromatic N) is 1. The van der Waals surface area contributed by atoms with Crippen LogP contribution in [0, 0.1) is 5.92 Å². The lowest BCUT2D eigenvalue weighted by Crippen LogP contribution is -2.36. The van der Waals surface area contributed by atoms with Crippen LogP contribution in [0.1, 0.15) is 49.4 Å². The molecule has 0 spiro atoms. The van der Waals surface area contributed by atoms with E-state index >= 15 is 0 Å². The Morgan fingerprint density at radius 1 is 1.25 bits per heavy atom. The van der Waals surface area contributed by atoms with E-state index in [1.807, 2.05) is 24.3 Å². The van der Waals surface area contributed by atoms with Gasteiger partial charge in [0.2, 0.25) is 5.88 Å². The summed E-state index contributed by atoms with van der Waals surface area (Å²) in [7, 11) is 0. The summed E-state index contributed by atoms with van der Waals surface area (Å²) in [4.78, 5) is 18.6. The molecule has 0 amide bonds. The summed E-state index contributed by atoms with van der Waals surface area (Å²) < 4.78 is 11.6. The first-order chi connectivity index (χ1) is 13.7. The number of piperidine rings is 1. The number of esters is 1. The first kappa shape index (κ1) is 21.2. The molecule has 5 nitrogen and oxygen atoms in total. The van der Waals surface area contributed by atoms with Crippen molar-refractivity contribution in [3.8, 4) is 5.88 Å². The Morgan fingerprint density at radius 2 is 2.04 bits per heavy atom. The third-order valence-electron chi connectivity index (χ3n) is 5.39. The normalized spacial score (nSPS) is 15.8. The Kier molecular flexibility index (Phi) is 8.22. The van der Waals surface area contributed by atoms with Crippen LogP contribution in [-0.4, -0.2) is 54.0 Å². The molecule has 3 rings (SSSR count). The van der Waals surface area contributed by atoms with E-state index in [1.165, 1.54) is 19.4 Å². The fourth-order valence-electron chi connectivity index (χ4n) is 3.68. The summed E-state index contributed by atoms with van der Waals surface area (Å²) in [6.45, 7) is 6.67. The number of alkyl halides is 1. The molecule has 0 bridgehead atoms. The van der Waals surface area contributed by atoms with Crippen LogP contribution in [0.2, 0.25) is 0 Å². The first-order valence-electron chi connectivity index (χ1n) is 10.4. The van der Waals surface area contributed by atoms with Crippen molar-refractivity contribution in [1.82, 2.24) is 9.88 Å². The van der Waals surface area contributed by atoms with Gasteiger partial charge in [0.15, 0.2) is 0 Å². The number of halogens is 1. The number of aromatic nitrogens is 1. The number of benzene rings is 1. The molecule has 1 aromatic heterocycles. The molecule has 6 heteroatoms. The molecule has 1 aliphatic heterocycles. The van der Waals surface area contributed by atoms with Gasteiger partial charge in [-0.05, 0) is 57.3 Å². The van der Waals surface area contributed by atoms with Crippen LogP contribution < -0.4 is 4.74 Å². The summed E-state index contributed by atoms with van der Waals surface area (Å²) in [5, 5.41) is 1.72.